The van der Waals surface area contributed by atoms with E-state index < -0.39 is 27.7 Å². The van der Waals surface area contributed by atoms with Crippen molar-refractivity contribution in [3.8, 4) is 5.75 Å². The first-order chi connectivity index (χ1) is 16.3. The zero-order valence-corrected chi connectivity index (χ0v) is 18.8. The molecule has 5 rings (SSSR count). The zero-order chi connectivity index (χ0) is 24.2. The van der Waals surface area contributed by atoms with Crippen LogP contribution in [0, 0.1) is 0 Å². The maximum atomic E-state index is 13.5. The first kappa shape index (κ1) is 21.7. The summed E-state index contributed by atoms with van der Waals surface area (Å²) in [5, 5.41) is 0. The fourth-order valence-electron chi connectivity index (χ4n) is 4.32. The number of rotatable bonds is 4. The van der Waals surface area contributed by atoms with Gasteiger partial charge in [0.1, 0.15) is 5.75 Å². The van der Waals surface area contributed by atoms with Gasteiger partial charge < -0.3 is 10.5 Å². The lowest BCUT2D eigenvalue weighted by Crippen LogP contribution is -2.36. The van der Waals surface area contributed by atoms with E-state index in [0.29, 0.717) is 17.0 Å². The maximum absolute atomic E-state index is 13.5. The second-order valence-electron chi connectivity index (χ2n) is 7.84. The van der Waals surface area contributed by atoms with Crippen LogP contribution in [0.1, 0.15) is 36.6 Å². The maximum Gasteiger partial charge on any atom is 0.271 e. The van der Waals surface area contributed by atoms with Crippen LogP contribution < -0.4 is 14.8 Å². The molecule has 9 nitrogen and oxygen atoms in total. The SMILES string of the molecule is COc1ccc(S(=O)(=O)N2CCc3ccccc32)cc1C(=O)N1C(=O)c2cccc(N)c2C1=O. The number of methoxy groups -OCH3 is 1. The number of hydrogen-bond acceptors (Lipinski definition) is 7. The number of ether oxygens (including phenoxy) is 1. The van der Waals surface area contributed by atoms with Crippen LogP contribution in [0.2, 0.25) is 0 Å². The van der Waals surface area contributed by atoms with Gasteiger partial charge in [0.25, 0.3) is 27.7 Å². The summed E-state index contributed by atoms with van der Waals surface area (Å²) in [5.74, 6) is -2.68. The minimum absolute atomic E-state index is 0.00904. The molecule has 0 fully saturated rings. The number of fused-ring (bicyclic) bond motifs is 2. The van der Waals surface area contributed by atoms with Crippen molar-refractivity contribution >= 4 is 39.1 Å². The van der Waals surface area contributed by atoms with Crippen LogP contribution in [0.4, 0.5) is 11.4 Å². The van der Waals surface area contributed by atoms with Crippen molar-refractivity contribution < 1.29 is 27.5 Å². The number of sulfonamides is 1. The largest absolute Gasteiger partial charge is 0.496 e. The predicted octanol–water partition coefficient (Wildman–Crippen LogP) is 2.47. The van der Waals surface area contributed by atoms with Gasteiger partial charge in [0, 0.05) is 12.2 Å². The van der Waals surface area contributed by atoms with Gasteiger partial charge >= 0.3 is 0 Å². The van der Waals surface area contributed by atoms with Crippen LogP contribution in [0.5, 0.6) is 5.75 Å². The van der Waals surface area contributed by atoms with Gasteiger partial charge in [-0.05, 0) is 48.4 Å². The van der Waals surface area contributed by atoms with Gasteiger partial charge in [-0.3, -0.25) is 18.7 Å². The first-order valence-electron chi connectivity index (χ1n) is 10.4. The van der Waals surface area contributed by atoms with E-state index in [9.17, 15) is 22.8 Å². The summed E-state index contributed by atoms with van der Waals surface area (Å²) in [6.07, 6.45) is 0.563. The molecular weight excluding hydrogens is 458 g/mol. The molecule has 0 saturated heterocycles. The quantitative estimate of drug-likeness (QED) is 0.452. The van der Waals surface area contributed by atoms with Crippen LogP contribution in [0.15, 0.2) is 65.6 Å². The molecule has 10 heteroatoms. The standard InChI is InChI=1S/C24H19N3O6S/c1-33-20-10-9-15(34(31,32)26-12-11-14-5-2-3-8-19(14)26)13-17(20)23(29)27-22(28)16-6-4-7-18(25)21(16)24(27)30/h2-10,13H,11-12,25H2,1H3. The predicted molar refractivity (Wildman–Crippen MR) is 123 cm³/mol. The lowest BCUT2D eigenvalue weighted by molar-refractivity contribution is 0.0565. The van der Waals surface area contributed by atoms with Crippen molar-refractivity contribution in [3.05, 3.63) is 82.9 Å². The summed E-state index contributed by atoms with van der Waals surface area (Å²) in [5.41, 5.74) is 7.11. The van der Waals surface area contributed by atoms with Crippen LogP contribution in [-0.2, 0) is 16.4 Å². The van der Waals surface area contributed by atoms with Crippen molar-refractivity contribution in [2.75, 3.05) is 23.7 Å². The lowest BCUT2D eigenvalue weighted by Gasteiger charge is -2.21. The van der Waals surface area contributed by atoms with E-state index in [2.05, 4.69) is 0 Å². The fourth-order valence-corrected chi connectivity index (χ4v) is 5.85. The van der Waals surface area contributed by atoms with E-state index in [0.717, 1.165) is 11.6 Å². The third-order valence-corrected chi connectivity index (χ3v) is 7.79. The summed E-state index contributed by atoms with van der Waals surface area (Å²) in [7, 11) is -2.72. The molecule has 0 aromatic heterocycles. The number of amides is 3. The molecule has 2 N–H and O–H groups in total. The Morgan fingerprint density at radius 3 is 2.50 bits per heavy atom. The minimum atomic E-state index is -4.03. The van der Waals surface area contributed by atoms with Crippen molar-refractivity contribution in [1.29, 1.82) is 0 Å². The molecule has 34 heavy (non-hydrogen) atoms. The highest BCUT2D eigenvalue weighted by atomic mass is 32.2. The van der Waals surface area contributed by atoms with Crippen LogP contribution in [0.25, 0.3) is 0 Å². The van der Waals surface area contributed by atoms with E-state index in [1.54, 1.807) is 12.1 Å². The van der Waals surface area contributed by atoms with Crippen LogP contribution >= 0.6 is 0 Å². The van der Waals surface area contributed by atoms with Crippen LogP contribution in [0.3, 0.4) is 0 Å². The van der Waals surface area contributed by atoms with Gasteiger partial charge in [0.2, 0.25) is 0 Å². The van der Waals surface area contributed by atoms with Crippen molar-refractivity contribution in [2.24, 2.45) is 0 Å². The van der Waals surface area contributed by atoms with Gasteiger partial charge in [-0.25, -0.2) is 13.3 Å². The van der Waals surface area contributed by atoms with Crippen molar-refractivity contribution in [1.82, 2.24) is 4.90 Å². The van der Waals surface area contributed by atoms with E-state index in [-0.39, 0.29) is 39.6 Å². The normalized spacial score (nSPS) is 14.9. The van der Waals surface area contributed by atoms with Gasteiger partial charge in [-0.2, -0.15) is 0 Å². The Morgan fingerprint density at radius 1 is 1.00 bits per heavy atom. The number of hydrogen-bond donors (Lipinski definition) is 1. The van der Waals surface area contributed by atoms with Crippen molar-refractivity contribution in [3.63, 3.8) is 0 Å². The molecule has 2 heterocycles. The number of nitrogens with two attached hydrogens (primary N) is 1. The first-order valence-corrected chi connectivity index (χ1v) is 11.8. The molecule has 2 aliphatic heterocycles. The van der Waals surface area contributed by atoms with Crippen LogP contribution in [-0.4, -0.2) is 44.7 Å². The number of imide groups is 3. The molecule has 3 aromatic carbocycles. The van der Waals surface area contributed by atoms with E-state index >= 15 is 0 Å². The Balaban J connectivity index is 1.56. The Labute approximate surface area is 195 Å². The summed E-state index contributed by atoms with van der Waals surface area (Å²) in [4.78, 5) is 39.4. The molecule has 0 atom stereocenters. The number of anilines is 2. The highest BCUT2D eigenvalue weighted by molar-refractivity contribution is 7.92. The highest BCUT2D eigenvalue weighted by Gasteiger charge is 2.42. The zero-order valence-electron chi connectivity index (χ0n) is 18.0. The second-order valence-corrected chi connectivity index (χ2v) is 9.70. The third kappa shape index (κ3) is 3.06. The molecular formula is C24H19N3O6S. The molecule has 0 bridgehead atoms. The minimum Gasteiger partial charge on any atom is -0.496 e. The average Bonchev–Trinajstić information content (AvgIpc) is 3.38. The molecule has 0 aliphatic carbocycles. The monoisotopic (exact) mass is 477 g/mol. The fraction of sp³-hybridized carbons (Fsp3) is 0.125. The van der Waals surface area contributed by atoms with E-state index in [1.165, 1.54) is 41.7 Å². The molecule has 172 valence electrons. The second kappa shape index (κ2) is 7.70. The third-order valence-electron chi connectivity index (χ3n) is 5.98. The van der Waals surface area contributed by atoms with Gasteiger partial charge in [-0.15, -0.1) is 0 Å². The molecule has 0 unspecified atom stereocenters. The van der Waals surface area contributed by atoms with Crippen molar-refractivity contribution in [2.45, 2.75) is 11.3 Å². The molecule has 0 radical (unpaired) electrons. The average molecular weight is 477 g/mol. The molecule has 0 spiro atoms. The summed E-state index contributed by atoms with van der Waals surface area (Å²) in [6.45, 7) is 0.259. The highest BCUT2D eigenvalue weighted by Crippen LogP contribution is 2.35. The van der Waals surface area contributed by atoms with E-state index in [1.807, 2.05) is 12.1 Å². The Bertz CT molecular complexity index is 1500. The summed E-state index contributed by atoms with van der Waals surface area (Å²) >= 11 is 0. The Hall–Kier alpha value is -4.18. The number of para-hydroxylation sites is 1. The molecule has 2 aliphatic rings. The summed E-state index contributed by atoms with van der Waals surface area (Å²) in [6, 6.07) is 15.3. The smallest absolute Gasteiger partial charge is 0.271 e. The number of carbonyl (C=O) groups excluding carboxylic acids is 3. The molecule has 3 amide bonds. The van der Waals surface area contributed by atoms with Gasteiger partial charge in [0.15, 0.2) is 0 Å². The van der Waals surface area contributed by atoms with Gasteiger partial charge in [-0.1, -0.05) is 24.3 Å². The topological polar surface area (TPSA) is 127 Å². The van der Waals surface area contributed by atoms with Gasteiger partial charge in [0.05, 0.1) is 34.4 Å². The Kier molecular flexibility index (Phi) is 4.90. The van der Waals surface area contributed by atoms with E-state index in [4.69, 9.17) is 10.5 Å². The number of nitrogens with zero attached hydrogens (tertiary/aromatic N) is 2. The molecule has 0 saturated carbocycles. The number of nitrogen functional groups attached to an aromatic ring is 1. The summed E-state index contributed by atoms with van der Waals surface area (Å²) < 4.78 is 33.4. The number of carbonyl (C=O) groups is 3. The molecule has 3 aromatic rings. The Morgan fingerprint density at radius 2 is 1.76 bits per heavy atom. The lowest BCUT2D eigenvalue weighted by atomic mass is 10.1. The number of benzene rings is 3.